The molecule has 1 aromatic heterocycles. The number of hydrogen-bond donors (Lipinski definition) is 0. The van der Waals surface area contributed by atoms with Crippen LogP contribution in [0.1, 0.15) is 38.7 Å². The van der Waals surface area contributed by atoms with Crippen molar-refractivity contribution < 1.29 is 14.3 Å². The second-order valence-corrected chi connectivity index (χ2v) is 7.79. The first-order chi connectivity index (χ1) is 12.5. The molecule has 3 heterocycles. The molecule has 3 rings (SSSR count). The normalized spacial score (nSPS) is 21.7. The van der Waals surface area contributed by atoms with Gasteiger partial charge >= 0.3 is 0 Å². The van der Waals surface area contributed by atoms with Gasteiger partial charge in [0, 0.05) is 45.0 Å². The summed E-state index contributed by atoms with van der Waals surface area (Å²) in [6, 6.07) is 3.91. The number of amides is 2. The van der Waals surface area contributed by atoms with Crippen LogP contribution < -0.4 is 0 Å². The number of nitrogens with zero attached hydrogens (tertiary/aromatic N) is 3. The summed E-state index contributed by atoms with van der Waals surface area (Å²) >= 11 is 0. The van der Waals surface area contributed by atoms with E-state index in [0.717, 1.165) is 24.9 Å². The highest BCUT2D eigenvalue weighted by atomic mass is 16.5. The molecule has 0 spiro atoms. The standard InChI is InChI=1S/C20H29N3O3/c1-15(2)12-23-13-17(10-19(23)24)20(25)22-8-5-18(6-9-22)26-14-16-4-3-7-21-11-16/h3-4,7,11,15,17-18H,5-6,8-10,12-14H2,1-2H3/t17-/m0/s1. The molecule has 0 aliphatic carbocycles. The fourth-order valence-electron chi connectivity index (χ4n) is 3.75. The van der Waals surface area contributed by atoms with Gasteiger partial charge in [0.15, 0.2) is 0 Å². The summed E-state index contributed by atoms with van der Waals surface area (Å²) in [5, 5.41) is 0. The van der Waals surface area contributed by atoms with E-state index in [1.807, 2.05) is 28.1 Å². The van der Waals surface area contributed by atoms with Crippen molar-refractivity contribution in [2.24, 2.45) is 11.8 Å². The molecular weight excluding hydrogens is 330 g/mol. The monoisotopic (exact) mass is 359 g/mol. The van der Waals surface area contributed by atoms with Crippen LogP contribution in [0, 0.1) is 11.8 Å². The number of aromatic nitrogens is 1. The summed E-state index contributed by atoms with van der Waals surface area (Å²) in [6.45, 7) is 7.50. The molecule has 26 heavy (non-hydrogen) atoms. The van der Waals surface area contributed by atoms with E-state index >= 15 is 0 Å². The van der Waals surface area contributed by atoms with E-state index in [1.165, 1.54) is 0 Å². The van der Waals surface area contributed by atoms with Crippen molar-refractivity contribution in [3.8, 4) is 0 Å². The molecule has 0 radical (unpaired) electrons. The van der Waals surface area contributed by atoms with Gasteiger partial charge in [-0.15, -0.1) is 0 Å². The first-order valence-corrected chi connectivity index (χ1v) is 9.60. The number of piperidine rings is 1. The molecule has 142 valence electrons. The Morgan fingerprint density at radius 1 is 1.35 bits per heavy atom. The van der Waals surface area contributed by atoms with Crippen LogP contribution in [0.3, 0.4) is 0 Å². The zero-order valence-corrected chi connectivity index (χ0v) is 15.8. The molecule has 6 nitrogen and oxygen atoms in total. The van der Waals surface area contributed by atoms with Crippen molar-refractivity contribution in [1.82, 2.24) is 14.8 Å². The first kappa shape index (κ1) is 18.8. The van der Waals surface area contributed by atoms with E-state index in [4.69, 9.17) is 4.74 Å². The Morgan fingerprint density at radius 2 is 2.12 bits per heavy atom. The fraction of sp³-hybridized carbons (Fsp3) is 0.650. The Balaban J connectivity index is 1.43. The summed E-state index contributed by atoms with van der Waals surface area (Å²) in [5.74, 6) is 0.511. The fourth-order valence-corrected chi connectivity index (χ4v) is 3.75. The summed E-state index contributed by atoms with van der Waals surface area (Å²) in [6.07, 6.45) is 5.82. The van der Waals surface area contributed by atoms with Gasteiger partial charge in [0.2, 0.25) is 11.8 Å². The Labute approximate surface area is 155 Å². The minimum Gasteiger partial charge on any atom is -0.373 e. The van der Waals surface area contributed by atoms with Crippen LogP contribution in [0.4, 0.5) is 0 Å². The van der Waals surface area contributed by atoms with Crippen molar-refractivity contribution in [3.05, 3.63) is 30.1 Å². The van der Waals surface area contributed by atoms with Gasteiger partial charge in [0.25, 0.3) is 0 Å². The van der Waals surface area contributed by atoms with Gasteiger partial charge in [-0.2, -0.15) is 0 Å². The Hall–Kier alpha value is -1.95. The lowest BCUT2D eigenvalue weighted by Gasteiger charge is -2.33. The maximum atomic E-state index is 12.8. The highest BCUT2D eigenvalue weighted by Gasteiger charge is 2.37. The highest BCUT2D eigenvalue weighted by Crippen LogP contribution is 2.24. The van der Waals surface area contributed by atoms with Crippen LogP contribution in [-0.4, -0.2) is 58.9 Å². The number of rotatable bonds is 6. The summed E-state index contributed by atoms with van der Waals surface area (Å²) < 4.78 is 5.96. The van der Waals surface area contributed by atoms with Crippen LogP contribution in [-0.2, 0) is 20.9 Å². The van der Waals surface area contributed by atoms with E-state index in [2.05, 4.69) is 18.8 Å². The molecule has 2 aliphatic rings. The van der Waals surface area contributed by atoms with Crippen LogP contribution >= 0.6 is 0 Å². The SMILES string of the molecule is CC(C)CN1C[C@@H](C(=O)N2CCC(OCc3cccnc3)CC2)CC1=O. The average molecular weight is 359 g/mol. The van der Waals surface area contributed by atoms with Gasteiger partial charge in [0.05, 0.1) is 18.6 Å². The van der Waals surface area contributed by atoms with Crippen molar-refractivity contribution >= 4 is 11.8 Å². The summed E-state index contributed by atoms with van der Waals surface area (Å²) in [4.78, 5) is 32.7. The molecule has 0 saturated carbocycles. The van der Waals surface area contributed by atoms with Crippen LogP contribution in [0.2, 0.25) is 0 Å². The molecule has 2 amide bonds. The van der Waals surface area contributed by atoms with Gasteiger partial charge in [-0.05, 0) is 30.4 Å². The zero-order valence-electron chi connectivity index (χ0n) is 15.8. The average Bonchev–Trinajstić information content (AvgIpc) is 3.00. The molecule has 2 saturated heterocycles. The minimum atomic E-state index is -0.172. The van der Waals surface area contributed by atoms with E-state index in [0.29, 0.717) is 38.6 Å². The molecule has 0 aromatic carbocycles. The van der Waals surface area contributed by atoms with Crippen LogP contribution in [0.25, 0.3) is 0 Å². The van der Waals surface area contributed by atoms with Crippen molar-refractivity contribution in [1.29, 1.82) is 0 Å². The van der Waals surface area contributed by atoms with Crippen molar-refractivity contribution in [3.63, 3.8) is 0 Å². The van der Waals surface area contributed by atoms with Gasteiger partial charge in [-0.1, -0.05) is 19.9 Å². The molecule has 0 N–H and O–H groups in total. The number of likely N-dealkylation sites (tertiary alicyclic amines) is 2. The van der Waals surface area contributed by atoms with Gasteiger partial charge in [-0.3, -0.25) is 14.6 Å². The Kier molecular flexibility index (Phi) is 6.25. The van der Waals surface area contributed by atoms with E-state index < -0.39 is 0 Å². The summed E-state index contributed by atoms with van der Waals surface area (Å²) in [7, 11) is 0. The number of pyridine rings is 1. The quantitative estimate of drug-likeness (QED) is 0.780. The molecule has 0 bridgehead atoms. The molecule has 1 aromatic rings. The number of carbonyl (C=O) groups excluding carboxylic acids is 2. The largest absolute Gasteiger partial charge is 0.373 e. The molecule has 2 aliphatic heterocycles. The summed E-state index contributed by atoms with van der Waals surface area (Å²) in [5.41, 5.74) is 1.07. The first-order valence-electron chi connectivity index (χ1n) is 9.60. The van der Waals surface area contributed by atoms with Crippen LogP contribution in [0.5, 0.6) is 0 Å². The maximum Gasteiger partial charge on any atom is 0.227 e. The molecule has 1 atom stereocenters. The molecule has 6 heteroatoms. The number of hydrogen-bond acceptors (Lipinski definition) is 4. The van der Waals surface area contributed by atoms with Crippen molar-refractivity contribution in [2.45, 2.75) is 45.8 Å². The van der Waals surface area contributed by atoms with E-state index in [1.54, 1.807) is 6.20 Å². The Bertz CT molecular complexity index is 612. The van der Waals surface area contributed by atoms with Gasteiger partial charge in [0.1, 0.15) is 0 Å². The third-order valence-electron chi connectivity index (χ3n) is 5.11. The number of ether oxygens (including phenoxy) is 1. The number of carbonyl (C=O) groups is 2. The van der Waals surface area contributed by atoms with Gasteiger partial charge < -0.3 is 14.5 Å². The van der Waals surface area contributed by atoms with Crippen LogP contribution in [0.15, 0.2) is 24.5 Å². The Morgan fingerprint density at radius 3 is 2.77 bits per heavy atom. The van der Waals surface area contributed by atoms with E-state index in [9.17, 15) is 9.59 Å². The third kappa shape index (κ3) is 4.81. The van der Waals surface area contributed by atoms with E-state index in [-0.39, 0.29) is 23.8 Å². The topological polar surface area (TPSA) is 62.7 Å². The molecule has 0 unspecified atom stereocenters. The predicted octanol–water partition coefficient (Wildman–Crippen LogP) is 2.09. The second-order valence-electron chi connectivity index (χ2n) is 7.79. The lowest BCUT2D eigenvalue weighted by atomic mass is 10.0. The smallest absolute Gasteiger partial charge is 0.227 e. The third-order valence-corrected chi connectivity index (χ3v) is 5.11. The second kappa shape index (κ2) is 8.62. The van der Waals surface area contributed by atoms with Gasteiger partial charge in [-0.25, -0.2) is 0 Å². The maximum absolute atomic E-state index is 12.8. The zero-order chi connectivity index (χ0) is 18.5. The predicted molar refractivity (Wildman–Crippen MR) is 98.2 cm³/mol. The lowest BCUT2D eigenvalue weighted by molar-refractivity contribution is -0.138. The highest BCUT2D eigenvalue weighted by molar-refractivity contribution is 5.89. The molecular formula is C20H29N3O3. The van der Waals surface area contributed by atoms with Crippen molar-refractivity contribution in [2.75, 3.05) is 26.2 Å². The minimum absolute atomic E-state index is 0.117. The molecule has 2 fully saturated rings. The lowest BCUT2D eigenvalue weighted by Crippen LogP contribution is -2.44.